The topological polar surface area (TPSA) is 26.0 Å². The van der Waals surface area contributed by atoms with Gasteiger partial charge in [-0.25, -0.2) is 0 Å². The molecular weight excluding hydrogens is 230 g/mol. The van der Waals surface area contributed by atoms with Crippen LogP contribution in [-0.4, -0.2) is 0 Å². The number of hydrogen-bond acceptors (Lipinski definition) is 1. The van der Waals surface area contributed by atoms with Crippen LogP contribution in [0.1, 0.15) is 47.6 Å². The lowest BCUT2D eigenvalue weighted by Crippen LogP contribution is -2.22. The summed E-state index contributed by atoms with van der Waals surface area (Å²) in [7, 11) is 0. The van der Waals surface area contributed by atoms with Crippen molar-refractivity contribution in [3.05, 3.63) is 70.8 Å². The maximum Gasteiger partial charge on any atom is 0.0300 e. The first kappa shape index (κ1) is 12.4. The Bertz CT molecular complexity index is 556. The van der Waals surface area contributed by atoms with Gasteiger partial charge in [-0.1, -0.05) is 55.5 Å². The SMILES string of the molecule is CCc1ccc(C(N)CC2Cc3ccccc32)cc1. The van der Waals surface area contributed by atoms with Crippen molar-refractivity contribution in [1.82, 2.24) is 0 Å². The Balaban J connectivity index is 1.67. The van der Waals surface area contributed by atoms with Crippen molar-refractivity contribution < 1.29 is 0 Å². The zero-order valence-electron chi connectivity index (χ0n) is 11.5. The fourth-order valence-electron chi connectivity index (χ4n) is 3.02. The lowest BCUT2D eigenvalue weighted by atomic mass is 9.74. The number of rotatable bonds is 4. The highest BCUT2D eigenvalue weighted by molar-refractivity contribution is 5.40. The monoisotopic (exact) mass is 251 g/mol. The van der Waals surface area contributed by atoms with Gasteiger partial charge in [-0.15, -0.1) is 0 Å². The first-order valence-corrected chi connectivity index (χ1v) is 7.20. The van der Waals surface area contributed by atoms with E-state index in [4.69, 9.17) is 5.73 Å². The van der Waals surface area contributed by atoms with Crippen LogP contribution in [0.25, 0.3) is 0 Å². The Morgan fingerprint density at radius 2 is 1.84 bits per heavy atom. The van der Waals surface area contributed by atoms with Crippen molar-refractivity contribution in [1.29, 1.82) is 0 Å². The van der Waals surface area contributed by atoms with Gasteiger partial charge in [0.25, 0.3) is 0 Å². The van der Waals surface area contributed by atoms with Gasteiger partial charge in [0.2, 0.25) is 0 Å². The highest BCUT2D eigenvalue weighted by Gasteiger charge is 2.27. The van der Waals surface area contributed by atoms with Gasteiger partial charge in [-0.2, -0.15) is 0 Å². The number of nitrogens with two attached hydrogens (primary N) is 1. The molecule has 2 N–H and O–H groups in total. The third-order valence-electron chi connectivity index (χ3n) is 4.32. The predicted octanol–water partition coefficient (Wildman–Crippen LogP) is 3.98. The first-order chi connectivity index (χ1) is 9.28. The summed E-state index contributed by atoms with van der Waals surface area (Å²) in [4.78, 5) is 0. The zero-order chi connectivity index (χ0) is 13.2. The molecule has 2 aromatic carbocycles. The molecule has 0 bridgehead atoms. The molecule has 0 radical (unpaired) electrons. The van der Waals surface area contributed by atoms with Crippen molar-refractivity contribution in [2.45, 2.75) is 38.1 Å². The van der Waals surface area contributed by atoms with E-state index in [0.717, 1.165) is 12.8 Å². The van der Waals surface area contributed by atoms with Gasteiger partial charge in [0.15, 0.2) is 0 Å². The molecule has 2 atom stereocenters. The van der Waals surface area contributed by atoms with Gasteiger partial charge in [-0.05, 0) is 47.4 Å². The predicted molar refractivity (Wildman–Crippen MR) is 80.3 cm³/mol. The number of aryl methyl sites for hydroxylation is 1. The van der Waals surface area contributed by atoms with Gasteiger partial charge in [0.05, 0.1) is 0 Å². The molecule has 1 aliphatic rings. The third kappa shape index (κ3) is 2.43. The van der Waals surface area contributed by atoms with E-state index in [1.807, 2.05) is 0 Å². The molecule has 19 heavy (non-hydrogen) atoms. The number of benzene rings is 2. The maximum atomic E-state index is 6.35. The molecule has 0 aliphatic heterocycles. The second-order valence-electron chi connectivity index (χ2n) is 5.54. The summed E-state index contributed by atoms with van der Waals surface area (Å²) < 4.78 is 0. The molecule has 0 spiro atoms. The summed E-state index contributed by atoms with van der Waals surface area (Å²) in [6, 6.07) is 17.7. The van der Waals surface area contributed by atoms with Gasteiger partial charge in [0, 0.05) is 6.04 Å². The Hall–Kier alpha value is -1.60. The largest absolute Gasteiger partial charge is 0.324 e. The zero-order valence-corrected chi connectivity index (χ0v) is 11.5. The second-order valence-corrected chi connectivity index (χ2v) is 5.54. The van der Waals surface area contributed by atoms with E-state index in [2.05, 4.69) is 55.5 Å². The minimum atomic E-state index is 0.157. The maximum absolute atomic E-state index is 6.35. The smallest absolute Gasteiger partial charge is 0.0300 e. The quantitative estimate of drug-likeness (QED) is 0.874. The lowest BCUT2D eigenvalue weighted by molar-refractivity contribution is 0.498. The summed E-state index contributed by atoms with van der Waals surface area (Å²) in [5, 5.41) is 0. The average molecular weight is 251 g/mol. The van der Waals surface area contributed by atoms with Crippen LogP contribution in [0, 0.1) is 0 Å². The molecule has 0 amide bonds. The highest BCUT2D eigenvalue weighted by Crippen LogP contribution is 2.40. The molecule has 1 heteroatoms. The summed E-state index contributed by atoms with van der Waals surface area (Å²) in [6.07, 6.45) is 3.34. The van der Waals surface area contributed by atoms with Gasteiger partial charge in [0.1, 0.15) is 0 Å². The molecular formula is C18H21N. The highest BCUT2D eigenvalue weighted by atomic mass is 14.6. The summed E-state index contributed by atoms with van der Waals surface area (Å²) in [5.41, 5.74) is 12.0. The summed E-state index contributed by atoms with van der Waals surface area (Å²) >= 11 is 0. The molecule has 3 rings (SSSR count). The van der Waals surface area contributed by atoms with Crippen LogP contribution in [-0.2, 0) is 12.8 Å². The molecule has 0 saturated heterocycles. The first-order valence-electron chi connectivity index (χ1n) is 7.20. The van der Waals surface area contributed by atoms with Crippen LogP contribution >= 0.6 is 0 Å². The lowest BCUT2D eigenvalue weighted by Gasteiger charge is -2.32. The van der Waals surface area contributed by atoms with Gasteiger partial charge >= 0.3 is 0 Å². The van der Waals surface area contributed by atoms with Crippen LogP contribution in [0.2, 0.25) is 0 Å². The van der Waals surface area contributed by atoms with E-state index >= 15 is 0 Å². The standard InChI is InChI=1S/C18H21N/c1-2-13-7-9-14(10-8-13)18(19)12-16-11-15-5-3-4-6-17(15)16/h3-10,16,18H,2,11-12,19H2,1H3. The number of fused-ring (bicyclic) bond motifs is 1. The molecule has 0 fully saturated rings. The van der Waals surface area contributed by atoms with E-state index in [0.29, 0.717) is 5.92 Å². The van der Waals surface area contributed by atoms with Gasteiger partial charge in [-0.3, -0.25) is 0 Å². The molecule has 0 saturated carbocycles. The average Bonchev–Trinajstić information content (AvgIpc) is 2.44. The van der Waals surface area contributed by atoms with E-state index < -0.39 is 0 Å². The Labute approximate surface area is 115 Å². The van der Waals surface area contributed by atoms with E-state index in [1.165, 1.54) is 28.7 Å². The molecule has 0 aromatic heterocycles. The molecule has 0 heterocycles. The van der Waals surface area contributed by atoms with Crippen LogP contribution in [0.4, 0.5) is 0 Å². The van der Waals surface area contributed by atoms with Crippen molar-refractivity contribution in [3.63, 3.8) is 0 Å². The van der Waals surface area contributed by atoms with Crippen LogP contribution in [0.15, 0.2) is 48.5 Å². The third-order valence-corrected chi connectivity index (χ3v) is 4.32. The van der Waals surface area contributed by atoms with E-state index in [-0.39, 0.29) is 6.04 Å². The van der Waals surface area contributed by atoms with Crippen LogP contribution < -0.4 is 5.73 Å². The van der Waals surface area contributed by atoms with E-state index in [1.54, 1.807) is 0 Å². The van der Waals surface area contributed by atoms with Crippen molar-refractivity contribution in [2.75, 3.05) is 0 Å². The Morgan fingerprint density at radius 1 is 1.11 bits per heavy atom. The molecule has 2 unspecified atom stereocenters. The van der Waals surface area contributed by atoms with Crippen molar-refractivity contribution in [3.8, 4) is 0 Å². The Morgan fingerprint density at radius 3 is 2.53 bits per heavy atom. The Kier molecular flexibility index (Phi) is 3.39. The van der Waals surface area contributed by atoms with Crippen LogP contribution in [0.5, 0.6) is 0 Å². The molecule has 98 valence electrons. The van der Waals surface area contributed by atoms with Crippen molar-refractivity contribution >= 4 is 0 Å². The van der Waals surface area contributed by atoms with E-state index in [9.17, 15) is 0 Å². The second kappa shape index (κ2) is 5.18. The van der Waals surface area contributed by atoms with Crippen molar-refractivity contribution in [2.24, 2.45) is 5.73 Å². The summed E-state index contributed by atoms with van der Waals surface area (Å²) in [6.45, 7) is 2.18. The minimum absolute atomic E-state index is 0.157. The summed E-state index contributed by atoms with van der Waals surface area (Å²) in [5.74, 6) is 0.650. The normalized spacial score (nSPS) is 18.5. The molecule has 1 aliphatic carbocycles. The number of hydrogen-bond donors (Lipinski definition) is 1. The van der Waals surface area contributed by atoms with Crippen LogP contribution in [0.3, 0.4) is 0 Å². The van der Waals surface area contributed by atoms with Gasteiger partial charge < -0.3 is 5.73 Å². The molecule has 2 aromatic rings. The fraction of sp³-hybridized carbons (Fsp3) is 0.333. The molecule has 1 nitrogen and oxygen atoms in total. The fourth-order valence-corrected chi connectivity index (χ4v) is 3.02. The minimum Gasteiger partial charge on any atom is -0.324 e.